The molecule has 2 aliphatic heterocycles. The van der Waals surface area contributed by atoms with Crippen molar-refractivity contribution in [2.75, 3.05) is 67.5 Å². The van der Waals surface area contributed by atoms with Crippen LogP contribution < -0.4 is 59.3 Å². The molecule has 0 aliphatic carbocycles. The number of nitrogens with one attached hydrogen (secondary N) is 9. The zero-order chi connectivity index (χ0) is 96.0. The van der Waals surface area contributed by atoms with Gasteiger partial charge in [0.2, 0.25) is 41.2 Å². The standard InChI is InChI=1S/C41H60N4O9.C39H58N8O6.C10H18N2O2.C2HF3O2/c1-27(2)23-30(35(47)43-31(37(49)50)21-15-16-22-42-38(51)53-40(3,4)5)26-34(46)32(24-28-17-11-9-12-18-28)44-36(48)33(25-29-19-13-10-14-20-29)45-39(52)54-41(6,7)8;1-26(2)23-32(45-36(50)33(25-28-15-9-6-10-16-28)44-34(48)30(41)24-27-13-7-5-8-14-27)35(49)43-31(17-11-12-20-40)38(52)47-21-18-29(19-22-47)42-37(51)39(53)46(3)4;1-12(2)10(14)9(13)7-8-3-5-11-6-4-8;3-2(4,5)1(6)7/h9-14,17-20,27,30-33H,15-16,21-26H2,1-8H3,(H,42,51)(H,43,47)(H,44,48)(H,45,52)(H,49,50);5-10,13-16,26,29-33H,11-12,17-25,40-41H2,1-4H3,(H,42,51)(H,43,49)(H,44,48)(H,45,50);8,11H,3-7H2,1-2H3;(H,6,7)/t30-,31+,32+,33+;30-,31-,32-,33-;;/m01../s1. The molecule has 33 nitrogen and oxygen atoms in total. The van der Waals surface area contributed by atoms with Crippen LogP contribution in [0.25, 0.3) is 0 Å². The molecule has 0 unspecified atom stereocenters. The van der Waals surface area contributed by atoms with E-state index in [0.29, 0.717) is 83.3 Å². The van der Waals surface area contributed by atoms with E-state index < -0.39 is 137 Å². The van der Waals surface area contributed by atoms with Crippen LogP contribution in [0.2, 0.25) is 0 Å². The van der Waals surface area contributed by atoms with Gasteiger partial charge in [-0.2, -0.15) is 13.2 Å². The second-order valence-corrected chi connectivity index (χ2v) is 35.1. The fraction of sp³-hybridized carbons (Fsp3) is 0.576. The first-order chi connectivity index (χ1) is 60.1. The Morgan fingerprint density at radius 3 is 1.35 bits per heavy atom. The molecule has 36 heteroatoms. The van der Waals surface area contributed by atoms with E-state index in [1.807, 2.05) is 149 Å². The summed E-state index contributed by atoms with van der Waals surface area (Å²) in [6.45, 7) is 21.3. The van der Waals surface area contributed by atoms with E-state index >= 15 is 0 Å². The summed E-state index contributed by atoms with van der Waals surface area (Å²) in [5.74, 6) is -9.80. The van der Waals surface area contributed by atoms with Crippen molar-refractivity contribution in [2.45, 2.75) is 251 Å². The Morgan fingerprint density at radius 1 is 0.500 bits per heavy atom. The summed E-state index contributed by atoms with van der Waals surface area (Å²) in [6.07, 6.45) is 0.524. The van der Waals surface area contributed by atoms with Crippen molar-refractivity contribution < 1.29 is 105 Å². The van der Waals surface area contributed by atoms with Crippen molar-refractivity contribution in [3.63, 3.8) is 0 Å². The van der Waals surface area contributed by atoms with Gasteiger partial charge in [0.15, 0.2) is 5.78 Å². The number of rotatable bonds is 41. The fourth-order valence-electron chi connectivity index (χ4n) is 13.5. The van der Waals surface area contributed by atoms with Crippen molar-refractivity contribution in [1.82, 2.24) is 62.6 Å². The minimum absolute atomic E-state index is 0.00696. The molecule has 8 atom stereocenters. The number of likely N-dealkylation sites (tertiary alicyclic amines) is 1. The van der Waals surface area contributed by atoms with Crippen LogP contribution >= 0.6 is 0 Å². The largest absolute Gasteiger partial charge is 0.490 e. The van der Waals surface area contributed by atoms with E-state index in [0.717, 1.165) is 48.2 Å². The summed E-state index contributed by atoms with van der Waals surface area (Å²) >= 11 is 0. The number of hydrogen-bond donors (Lipinski definition) is 13. The summed E-state index contributed by atoms with van der Waals surface area (Å²) in [4.78, 5) is 194. The average molecular weight is 1800 g/mol. The zero-order valence-electron chi connectivity index (χ0n) is 76.4. The van der Waals surface area contributed by atoms with Gasteiger partial charge < -0.3 is 93.7 Å². The maximum Gasteiger partial charge on any atom is 0.490 e. The van der Waals surface area contributed by atoms with Gasteiger partial charge in [-0.15, -0.1) is 0 Å². The molecule has 0 bridgehead atoms. The molecule has 4 aromatic carbocycles. The number of likely N-dealkylation sites (N-methyl/N-ethyl adjacent to an activating group) is 2. The molecule has 2 aliphatic rings. The van der Waals surface area contributed by atoms with Crippen molar-refractivity contribution in [3.05, 3.63) is 144 Å². The van der Waals surface area contributed by atoms with Gasteiger partial charge in [-0.05, 0) is 191 Å². The number of carbonyl (C=O) groups is 15. The SMILES string of the molecule is CC(C)C[C@@H](CC(=O)[C@@H](Cc1ccccc1)NC(=O)[C@@H](Cc1ccccc1)NC(=O)OC(C)(C)C)C(=O)N[C@H](CCCCNC(=O)OC(C)(C)C)C(=O)O.CC(C)C[C@@H](NC(=O)[C@@H](Cc1ccccc1)NC(=O)[C@H](N)Cc1ccccc1)C(=O)N[C@H](CCCCN)C(=O)N1CCC(NC(=O)C(=O)N(C)C)CC1.CN(C)C(=O)C(=O)CC1CCNCC1.O=C(O)C(F)(F)F. The van der Waals surface area contributed by atoms with E-state index in [4.69, 9.17) is 30.8 Å². The summed E-state index contributed by atoms with van der Waals surface area (Å²) in [5, 5.41) is 42.4. The first kappa shape index (κ1) is 111. The lowest BCUT2D eigenvalue weighted by molar-refractivity contribution is -0.192. The van der Waals surface area contributed by atoms with Gasteiger partial charge in [0, 0.05) is 85.5 Å². The van der Waals surface area contributed by atoms with Gasteiger partial charge in [-0.1, -0.05) is 149 Å². The number of hydrogen-bond acceptors (Lipinski definition) is 20. The van der Waals surface area contributed by atoms with Gasteiger partial charge >= 0.3 is 42.1 Å². The summed E-state index contributed by atoms with van der Waals surface area (Å²) < 4.78 is 42.4. The highest BCUT2D eigenvalue weighted by Gasteiger charge is 2.40. The summed E-state index contributed by atoms with van der Waals surface area (Å²) in [5.41, 5.74) is 13.8. The maximum absolute atomic E-state index is 14.1. The molecule has 0 spiro atoms. The number of carbonyl (C=O) groups excluding carboxylic acids is 13. The number of aliphatic carboxylic acids is 2. The lowest BCUT2D eigenvalue weighted by Gasteiger charge is -2.35. The minimum Gasteiger partial charge on any atom is -0.480 e. The van der Waals surface area contributed by atoms with Crippen LogP contribution in [0.4, 0.5) is 22.8 Å². The Labute approximate surface area is 749 Å². The van der Waals surface area contributed by atoms with Crippen LogP contribution in [0.15, 0.2) is 121 Å². The first-order valence-corrected chi connectivity index (χ1v) is 43.5. The van der Waals surface area contributed by atoms with Crippen molar-refractivity contribution in [2.24, 2.45) is 35.1 Å². The highest BCUT2D eigenvalue weighted by atomic mass is 19.4. The molecule has 0 aromatic heterocycles. The number of alkyl carbamates (subject to hydrolysis) is 2. The van der Waals surface area contributed by atoms with E-state index in [9.17, 15) is 85.4 Å². The number of unbranched alkanes of at least 4 members (excludes halogenated alkanes) is 2. The molecule has 11 amide bonds. The smallest absolute Gasteiger partial charge is 0.480 e. The molecule has 2 heterocycles. The van der Waals surface area contributed by atoms with E-state index in [1.54, 1.807) is 60.5 Å². The number of carboxylic acids is 2. The number of halogens is 3. The van der Waals surface area contributed by atoms with Crippen LogP contribution in [0, 0.1) is 23.7 Å². The number of piperidine rings is 2. The van der Waals surface area contributed by atoms with E-state index in [-0.39, 0.29) is 87.0 Å². The number of alkyl halides is 3. The van der Waals surface area contributed by atoms with Gasteiger partial charge in [-0.3, -0.25) is 52.7 Å². The third-order valence-corrected chi connectivity index (χ3v) is 20.1. The summed E-state index contributed by atoms with van der Waals surface area (Å²) in [7, 11) is 6.24. The Bertz CT molecular complexity index is 4160. The van der Waals surface area contributed by atoms with E-state index in [1.165, 1.54) is 23.9 Å². The second kappa shape index (κ2) is 56.7. The Morgan fingerprint density at radius 2 is 0.906 bits per heavy atom. The predicted molar refractivity (Wildman–Crippen MR) is 476 cm³/mol. The monoisotopic (exact) mass is 1800 g/mol. The molecule has 128 heavy (non-hydrogen) atoms. The number of Topliss-reactive ketones (excluding diaryl/α,β-unsaturated/α-hetero) is 2. The fourth-order valence-corrected chi connectivity index (χ4v) is 13.5. The number of carboxylic acid groups (broad SMARTS) is 2. The predicted octanol–water partition coefficient (Wildman–Crippen LogP) is 7.03. The van der Waals surface area contributed by atoms with Crippen LogP contribution in [-0.2, 0) is 97.5 Å². The lowest BCUT2D eigenvalue weighted by Crippen LogP contribution is -2.59. The van der Waals surface area contributed by atoms with Gasteiger partial charge in [0.1, 0.15) is 41.4 Å². The molecule has 2 fully saturated rings. The molecule has 6 rings (SSSR count). The number of nitrogens with two attached hydrogens (primary N) is 2. The molecule has 0 radical (unpaired) electrons. The van der Waals surface area contributed by atoms with Gasteiger partial charge in [-0.25, -0.2) is 19.2 Å². The minimum atomic E-state index is -5.08. The number of ketones is 2. The Hall–Kier alpha value is -11.4. The number of nitrogens with zero attached hydrogens (tertiary/aromatic N) is 3. The van der Waals surface area contributed by atoms with Gasteiger partial charge in [0.05, 0.1) is 12.1 Å². The topological polar surface area (TPSA) is 485 Å². The van der Waals surface area contributed by atoms with Crippen molar-refractivity contribution in [1.29, 1.82) is 0 Å². The van der Waals surface area contributed by atoms with E-state index in [2.05, 4.69) is 47.9 Å². The third-order valence-electron chi connectivity index (χ3n) is 20.1. The van der Waals surface area contributed by atoms with Gasteiger partial charge in [0.25, 0.3) is 5.91 Å². The highest BCUT2D eigenvalue weighted by Crippen LogP contribution is 2.23. The van der Waals surface area contributed by atoms with Crippen LogP contribution in [0.3, 0.4) is 0 Å². The lowest BCUT2D eigenvalue weighted by atomic mass is 9.88. The normalized spacial score (nSPS) is 14.8. The Kier molecular flexibility index (Phi) is 49.1. The molecule has 15 N–H and O–H groups in total. The van der Waals surface area contributed by atoms with Crippen LogP contribution in [0.1, 0.15) is 181 Å². The third kappa shape index (κ3) is 45.8. The number of amides is 11. The summed E-state index contributed by atoms with van der Waals surface area (Å²) in [6, 6.07) is 29.4. The second-order valence-electron chi connectivity index (χ2n) is 35.1. The molecule has 2 saturated heterocycles. The molecule has 710 valence electrons. The van der Waals surface area contributed by atoms with Crippen molar-refractivity contribution >= 4 is 88.9 Å². The molecular formula is C92H137F3N14O19. The molecule has 4 aromatic rings. The highest BCUT2D eigenvalue weighted by molar-refractivity contribution is 6.36. The number of benzene rings is 4. The van der Waals surface area contributed by atoms with Crippen molar-refractivity contribution in [3.8, 4) is 0 Å². The van der Waals surface area contributed by atoms with Crippen LogP contribution in [0.5, 0.6) is 0 Å². The maximum atomic E-state index is 14.1. The van der Waals surface area contributed by atoms with Crippen LogP contribution in [-0.4, -0.2) is 247 Å². The number of ether oxygens (including phenoxy) is 2. The molecule has 0 saturated carbocycles. The first-order valence-electron chi connectivity index (χ1n) is 43.5. The Balaban J connectivity index is 0.000000536. The zero-order valence-corrected chi connectivity index (χ0v) is 76.4. The average Bonchev–Trinajstić information content (AvgIpc) is 0.779. The quantitative estimate of drug-likeness (QED) is 0.0157. The molecular weight excluding hydrogens is 1660 g/mol.